The summed E-state index contributed by atoms with van der Waals surface area (Å²) in [5.41, 5.74) is 3.43. The minimum atomic E-state index is -3.73. The molecule has 0 atom stereocenters. The molecule has 0 saturated heterocycles. The van der Waals surface area contributed by atoms with Gasteiger partial charge in [-0.15, -0.1) is 0 Å². The fraction of sp³-hybridized carbons (Fsp3) is 0.0833. The van der Waals surface area contributed by atoms with E-state index in [4.69, 9.17) is 5.84 Å². The van der Waals surface area contributed by atoms with Crippen molar-refractivity contribution in [2.24, 2.45) is 5.84 Å². The highest BCUT2D eigenvalue weighted by Crippen LogP contribution is 2.23. The van der Waals surface area contributed by atoms with Crippen LogP contribution in [0.3, 0.4) is 0 Å². The molecule has 2 rings (SSSR count). The summed E-state index contributed by atoms with van der Waals surface area (Å²) in [6, 6.07) is 9.89. The van der Waals surface area contributed by atoms with Crippen molar-refractivity contribution in [3.8, 4) is 0 Å². The first-order chi connectivity index (χ1) is 9.04. The van der Waals surface area contributed by atoms with Crippen LogP contribution in [-0.4, -0.2) is 13.4 Å². The first-order valence-corrected chi connectivity index (χ1v) is 7.03. The van der Waals surface area contributed by atoms with E-state index in [9.17, 15) is 8.42 Å². The predicted octanol–water partition coefficient (Wildman–Crippen LogP) is 1.48. The summed E-state index contributed by atoms with van der Waals surface area (Å²) in [5.74, 6) is 5.61. The van der Waals surface area contributed by atoms with Crippen molar-refractivity contribution in [3.05, 3.63) is 48.2 Å². The molecule has 19 heavy (non-hydrogen) atoms. The van der Waals surface area contributed by atoms with Gasteiger partial charge in [-0.2, -0.15) is 0 Å². The van der Waals surface area contributed by atoms with E-state index >= 15 is 0 Å². The second-order valence-corrected chi connectivity index (χ2v) is 5.57. The lowest BCUT2D eigenvalue weighted by Crippen LogP contribution is -2.18. The zero-order valence-corrected chi connectivity index (χ0v) is 11.1. The maximum absolute atomic E-state index is 12.3. The molecule has 1 aromatic carbocycles. The Bertz CT molecular complexity index is 686. The third-order valence-electron chi connectivity index (χ3n) is 2.57. The van der Waals surface area contributed by atoms with Crippen molar-refractivity contribution in [2.45, 2.75) is 11.8 Å². The lowest BCUT2D eigenvalue weighted by Gasteiger charge is -2.12. The number of hydrogen-bond donors (Lipinski definition) is 3. The highest BCUT2D eigenvalue weighted by atomic mass is 32.2. The summed E-state index contributed by atoms with van der Waals surface area (Å²) in [4.78, 5) is 4.07. The van der Waals surface area contributed by atoms with Gasteiger partial charge in [0.1, 0.15) is 10.7 Å². The molecule has 0 aliphatic heterocycles. The van der Waals surface area contributed by atoms with Crippen LogP contribution in [0.5, 0.6) is 0 Å². The molecule has 0 amide bonds. The fourth-order valence-corrected chi connectivity index (χ4v) is 2.85. The second kappa shape index (κ2) is 5.25. The number of nitrogens with zero attached hydrogens (tertiary/aromatic N) is 1. The van der Waals surface area contributed by atoms with E-state index in [1.54, 1.807) is 37.3 Å². The molecule has 0 fully saturated rings. The van der Waals surface area contributed by atoms with Gasteiger partial charge in [-0.1, -0.05) is 18.2 Å². The molecule has 2 aromatic rings. The summed E-state index contributed by atoms with van der Waals surface area (Å²) in [5, 5.41) is 0. The van der Waals surface area contributed by atoms with E-state index in [-0.39, 0.29) is 4.90 Å². The summed E-state index contributed by atoms with van der Waals surface area (Å²) >= 11 is 0. The van der Waals surface area contributed by atoms with Gasteiger partial charge in [-0.05, 0) is 30.7 Å². The van der Waals surface area contributed by atoms with Crippen molar-refractivity contribution in [2.75, 3.05) is 10.1 Å². The number of benzene rings is 1. The number of aryl methyl sites for hydroxylation is 1. The number of hydrazine groups is 1. The Morgan fingerprint density at radius 2 is 1.89 bits per heavy atom. The van der Waals surface area contributed by atoms with Crippen molar-refractivity contribution >= 4 is 21.5 Å². The van der Waals surface area contributed by atoms with Crippen LogP contribution >= 0.6 is 0 Å². The molecular weight excluding hydrogens is 264 g/mol. The van der Waals surface area contributed by atoms with Crippen LogP contribution in [0.15, 0.2) is 47.5 Å². The van der Waals surface area contributed by atoms with Crippen molar-refractivity contribution in [1.29, 1.82) is 0 Å². The van der Waals surface area contributed by atoms with Crippen LogP contribution in [0, 0.1) is 6.92 Å². The molecule has 0 bridgehead atoms. The number of para-hydroxylation sites is 1. The molecule has 1 heterocycles. The quantitative estimate of drug-likeness (QED) is 0.581. The van der Waals surface area contributed by atoms with Crippen molar-refractivity contribution < 1.29 is 8.42 Å². The van der Waals surface area contributed by atoms with E-state index in [0.717, 1.165) is 5.56 Å². The number of nitrogens with two attached hydrogens (primary N) is 1. The normalized spacial score (nSPS) is 11.1. The Hall–Kier alpha value is -2.12. The topological polar surface area (TPSA) is 97.1 Å². The van der Waals surface area contributed by atoms with Gasteiger partial charge < -0.3 is 5.43 Å². The van der Waals surface area contributed by atoms with Crippen molar-refractivity contribution in [3.63, 3.8) is 0 Å². The number of nitrogens with one attached hydrogen (secondary N) is 2. The summed E-state index contributed by atoms with van der Waals surface area (Å²) in [6.07, 6.45) is 1.53. The number of hydrogen-bond acceptors (Lipinski definition) is 5. The first kappa shape index (κ1) is 13.3. The molecule has 0 radical (unpaired) electrons. The number of rotatable bonds is 4. The molecular formula is C12H14N4O2S. The molecule has 7 heteroatoms. The third-order valence-corrected chi connectivity index (χ3v) is 3.97. The van der Waals surface area contributed by atoms with Gasteiger partial charge in [-0.3, -0.25) is 10.6 Å². The maximum Gasteiger partial charge on any atom is 0.265 e. The molecule has 0 aliphatic rings. The second-order valence-electron chi connectivity index (χ2n) is 3.91. The van der Waals surface area contributed by atoms with E-state index < -0.39 is 10.0 Å². The average Bonchev–Trinajstić information content (AvgIpc) is 2.41. The van der Waals surface area contributed by atoms with Gasteiger partial charge in [0.15, 0.2) is 0 Å². The van der Waals surface area contributed by atoms with Gasteiger partial charge in [-0.25, -0.2) is 13.4 Å². The summed E-state index contributed by atoms with van der Waals surface area (Å²) < 4.78 is 27.0. The standard InChI is InChI=1S/C12H14N4O2S/c1-9-5-4-8-14-12(9)16-19(17,18)11-7-3-2-6-10(11)15-13/h2-8,15H,13H2,1H3,(H,14,16). The van der Waals surface area contributed by atoms with Gasteiger partial charge in [0.25, 0.3) is 10.0 Å². The molecule has 1 aromatic heterocycles. The Morgan fingerprint density at radius 1 is 1.16 bits per heavy atom. The Labute approximate surface area is 111 Å². The van der Waals surface area contributed by atoms with E-state index in [1.807, 2.05) is 0 Å². The van der Waals surface area contributed by atoms with Crippen LogP contribution in [0.2, 0.25) is 0 Å². The lowest BCUT2D eigenvalue weighted by molar-refractivity contribution is 0.601. The maximum atomic E-state index is 12.3. The third kappa shape index (κ3) is 2.83. The predicted molar refractivity (Wildman–Crippen MR) is 74.0 cm³/mol. The van der Waals surface area contributed by atoms with Gasteiger partial charge in [0.2, 0.25) is 0 Å². The molecule has 0 spiro atoms. The SMILES string of the molecule is Cc1cccnc1NS(=O)(=O)c1ccccc1NN. The smallest absolute Gasteiger partial charge is 0.265 e. The molecule has 0 aliphatic carbocycles. The number of aromatic nitrogens is 1. The number of sulfonamides is 1. The zero-order chi connectivity index (χ0) is 13.9. The van der Waals surface area contributed by atoms with Crippen LogP contribution in [0.25, 0.3) is 0 Å². The Kier molecular flexibility index (Phi) is 3.68. The highest BCUT2D eigenvalue weighted by Gasteiger charge is 2.19. The molecule has 4 N–H and O–H groups in total. The molecule has 0 saturated carbocycles. The Balaban J connectivity index is 2.41. The van der Waals surface area contributed by atoms with Gasteiger partial charge >= 0.3 is 0 Å². The van der Waals surface area contributed by atoms with E-state index in [0.29, 0.717) is 11.5 Å². The fourth-order valence-electron chi connectivity index (χ4n) is 1.60. The lowest BCUT2D eigenvalue weighted by atomic mass is 10.3. The number of pyridine rings is 1. The highest BCUT2D eigenvalue weighted by molar-refractivity contribution is 7.92. The minimum Gasteiger partial charge on any atom is -0.323 e. The summed E-state index contributed by atoms with van der Waals surface area (Å²) in [6.45, 7) is 1.78. The van der Waals surface area contributed by atoms with Crippen LogP contribution in [-0.2, 0) is 10.0 Å². The first-order valence-electron chi connectivity index (χ1n) is 5.54. The van der Waals surface area contributed by atoms with Crippen LogP contribution in [0.1, 0.15) is 5.56 Å². The summed E-state index contributed by atoms with van der Waals surface area (Å²) in [7, 11) is -3.73. The largest absolute Gasteiger partial charge is 0.323 e. The van der Waals surface area contributed by atoms with Crippen LogP contribution in [0.4, 0.5) is 11.5 Å². The molecule has 6 nitrogen and oxygen atoms in total. The number of nitrogen functional groups attached to an aromatic ring is 1. The van der Waals surface area contributed by atoms with Crippen molar-refractivity contribution in [1.82, 2.24) is 4.98 Å². The zero-order valence-electron chi connectivity index (χ0n) is 10.3. The number of anilines is 2. The van der Waals surface area contributed by atoms with Crippen LogP contribution < -0.4 is 16.0 Å². The molecule has 100 valence electrons. The van der Waals surface area contributed by atoms with Gasteiger partial charge in [0.05, 0.1) is 5.69 Å². The Morgan fingerprint density at radius 3 is 2.58 bits per heavy atom. The van der Waals surface area contributed by atoms with E-state index in [2.05, 4.69) is 15.1 Å². The average molecular weight is 278 g/mol. The monoisotopic (exact) mass is 278 g/mol. The van der Waals surface area contributed by atoms with Gasteiger partial charge in [0, 0.05) is 6.20 Å². The molecule has 0 unspecified atom stereocenters. The minimum absolute atomic E-state index is 0.0718. The van der Waals surface area contributed by atoms with E-state index in [1.165, 1.54) is 12.3 Å².